The molecule has 3 aromatic carbocycles. The Morgan fingerprint density at radius 2 is 1.86 bits per heavy atom. The molecule has 1 aliphatic rings. The summed E-state index contributed by atoms with van der Waals surface area (Å²) in [7, 11) is 0. The fourth-order valence-electron chi connectivity index (χ4n) is 4.12. The molecule has 0 spiro atoms. The predicted molar refractivity (Wildman–Crippen MR) is 149 cm³/mol. The number of allylic oxidation sites excluding steroid dienone is 1. The molecule has 0 unspecified atom stereocenters. The molecule has 0 saturated heterocycles. The van der Waals surface area contributed by atoms with Crippen LogP contribution in [0.1, 0.15) is 41.3 Å². The van der Waals surface area contributed by atoms with Crippen LogP contribution in [-0.2, 0) is 16.0 Å². The highest BCUT2D eigenvalue weighted by atomic mass is 35.5. The minimum atomic E-state index is 0.418. The van der Waals surface area contributed by atoms with Crippen LogP contribution in [0.4, 0.5) is 5.69 Å². The van der Waals surface area contributed by atoms with Gasteiger partial charge < -0.3 is 10.5 Å². The quantitative estimate of drug-likeness (QED) is 0.116. The van der Waals surface area contributed by atoms with Gasteiger partial charge in [0.15, 0.2) is 0 Å². The molecule has 0 amide bonds. The Kier molecular flexibility index (Phi) is 9.22. The molecule has 0 radical (unpaired) electrons. The number of aryl methyl sites for hydroxylation is 1. The Morgan fingerprint density at radius 3 is 2.59 bits per heavy atom. The number of hydrogen-bond donors (Lipinski definition) is 2. The van der Waals surface area contributed by atoms with Crippen molar-refractivity contribution < 1.29 is 19.4 Å². The van der Waals surface area contributed by atoms with Crippen LogP contribution in [0.25, 0.3) is 11.1 Å². The highest BCUT2D eigenvalue weighted by molar-refractivity contribution is 7.94. The highest BCUT2D eigenvalue weighted by Crippen LogP contribution is 2.42. The monoisotopic (exact) mass is 534 g/mol. The first-order chi connectivity index (χ1) is 18.0. The van der Waals surface area contributed by atoms with Crippen molar-refractivity contribution in [3.63, 3.8) is 0 Å². The number of hydrogen-bond acceptors (Lipinski definition) is 7. The minimum Gasteiger partial charge on any atom is -0.487 e. The van der Waals surface area contributed by atoms with E-state index in [0.717, 1.165) is 62.8 Å². The number of anilines is 1. The normalized spacial score (nSPS) is 13.3. The van der Waals surface area contributed by atoms with Crippen LogP contribution >= 0.6 is 23.6 Å². The Labute approximate surface area is 225 Å². The molecule has 0 saturated carbocycles. The lowest BCUT2D eigenvalue weighted by Crippen LogP contribution is -1.99. The highest BCUT2D eigenvalue weighted by Gasteiger charge is 2.23. The zero-order valence-corrected chi connectivity index (χ0v) is 22.1. The predicted octanol–water partition coefficient (Wildman–Crippen LogP) is 8.00. The number of halogens is 1. The van der Waals surface area contributed by atoms with Crippen LogP contribution in [0.15, 0.2) is 90.0 Å². The van der Waals surface area contributed by atoms with E-state index in [4.69, 9.17) is 27.3 Å². The van der Waals surface area contributed by atoms with Crippen molar-refractivity contribution in [1.82, 2.24) is 4.98 Å². The summed E-state index contributed by atoms with van der Waals surface area (Å²) in [5.74, 6) is 0.778. The van der Waals surface area contributed by atoms with Gasteiger partial charge in [-0.25, -0.2) is 5.26 Å². The van der Waals surface area contributed by atoms with Gasteiger partial charge in [-0.05, 0) is 78.6 Å². The summed E-state index contributed by atoms with van der Waals surface area (Å²) < 4.78 is 10.3. The number of aromatic nitrogens is 1. The lowest BCUT2D eigenvalue weighted by molar-refractivity contribution is -0.432. The first kappa shape index (κ1) is 26.7. The zero-order valence-electron chi connectivity index (χ0n) is 20.5. The summed E-state index contributed by atoms with van der Waals surface area (Å²) in [6.07, 6.45) is 2.66. The number of nitrogens with two attached hydrogens (primary N) is 1. The Morgan fingerprint density at radius 1 is 1.05 bits per heavy atom. The lowest BCUT2D eigenvalue weighted by atomic mass is 9.87. The average Bonchev–Trinajstić information content (AvgIpc) is 3.06. The third kappa shape index (κ3) is 6.71. The first-order valence-corrected chi connectivity index (χ1v) is 12.8. The Balaban J connectivity index is 0.000000245. The molecule has 3 N–H and O–H groups in total. The molecular formula is C29H27ClN2O4S. The summed E-state index contributed by atoms with van der Waals surface area (Å²) in [6.45, 7) is 4.57. The molecule has 5 rings (SSSR count). The lowest BCUT2D eigenvalue weighted by Gasteiger charge is -2.17. The topological polar surface area (TPSA) is 86.8 Å². The van der Waals surface area contributed by atoms with Gasteiger partial charge >= 0.3 is 0 Å². The molecule has 6 nitrogen and oxygen atoms in total. The second-order valence-corrected chi connectivity index (χ2v) is 9.51. The van der Waals surface area contributed by atoms with Crippen molar-refractivity contribution in [2.75, 3.05) is 5.73 Å². The molecule has 0 fully saturated rings. The van der Waals surface area contributed by atoms with E-state index in [1.165, 1.54) is 11.1 Å². The Bertz CT molecular complexity index is 1390. The van der Waals surface area contributed by atoms with Crippen LogP contribution in [0.3, 0.4) is 0 Å². The van der Waals surface area contributed by atoms with Gasteiger partial charge in [0, 0.05) is 32.9 Å². The fourth-order valence-corrected chi connectivity index (χ4v) is 4.64. The van der Waals surface area contributed by atoms with Crippen molar-refractivity contribution in [2.24, 2.45) is 0 Å². The van der Waals surface area contributed by atoms with Crippen molar-refractivity contribution >= 4 is 40.5 Å². The van der Waals surface area contributed by atoms with E-state index in [1.807, 2.05) is 73.7 Å². The van der Waals surface area contributed by atoms with Gasteiger partial charge in [0.25, 0.3) is 0 Å². The smallest absolute Gasteiger partial charge is 0.131 e. The van der Waals surface area contributed by atoms with Gasteiger partial charge in [0.2, 0.25) is 0 Å². The zero-order chi connectivity index (χ0) is 26.2. The third-order valence-electron chi connectivity index (χ3n) is 5.81. The molecule has 37 heavy (non-hydrogen) atoms. The second-order valence-electron chi connectivity index (χ2n) is 8.30. The van der Waals surface area contributed by atoms with Gasteiger partial charge in [-0.1, -0.05) is 59.5 Å². The van der Waals surface area contributed by atoms with Crippen molar-refractivity contribution in [3.05, 3.63) is 118 Å². The minimum absolute atomic E-state index is 0.418. The van der Waals surface area contributed by atoms with Crippen molar-refractivity contribution in [1.29, 1.82) is 0 Å². The van der Waals surface area contributed by atoms with E-state index in [1.54, 1.807) is 6.20 Å². The van der Waals surface area contributed by atoms with Crippen LogP contribution in [0, 0.1) is 6.92 Å². The molecule has 8 heteroatoms. The molecule has 2 heterocycles. The summed E-state index contributed by atoms with van der Waals surface area (Å²) >= 11 is 7.17. The van der Waals surface area contributed by atoms with Crippen LogP contribution in [0.5, 0.6) is 5.75 Å². The molecule has 190 valence electrons. The standard InChI is InChI=1S/C22H19ClN2O.C7H8O3S/c1-2-17(14-5-3-6-16(24)11-14)22-18-7-4-10-25-20(18)13-26-21-12-15(23)8-9-19(21)22;1-6-2-4-7(5-3-6)11-10-9-8/h3-12H,2,13,24H2,1H3;2-5,8H,1H3/b22-17+;. The third-order valence-corrected chi connectivity index (χ3v) is 6.64. The SMILES string of the molecule is CC/C(=C1\c2ccc(Cl)cc2OCc2ncccc21)c1cccc(N)c1.Cc1ccc(SOOO)cc1. The van der Waals surface area contributed by atoms with E-state index in [-0.39, 0.29) is 0 Å². The fraction of sp³-hybridized carbons (Fsp3) is 0.138. The summed E-state index contributed by atoms with van der Waals surface area (Å²) in [6, 6.07) is 25.5. The number of rotatable bonds is 5. The summed E-state index contributed by atoms with van der Waals surface area (Å²) in [5.41, 5.74) is 14.5. The average molecular weight is 535 g/mol. The van der Waals surface area contributed by atoms with Gasteiger partial charge in [0.05, 0.1) is 17.7 Å². The summed E-state index contributed by atoms with van der Waals surface area (Å²) in [4.78, 5) is 5.43. The maximum Gasteiger partial charge on any atom is 0.131 e. The maximum absolute atomic E-state index is 7.84. The van der Waals surface area contributed by atoms with Gasteiger partial charge in [-0.2, -0.15) is 0 Å². The van der Waals surface area contributed by atoms with Gasteiger partial charge in [0.1, 0.15) is 12.4 Å². The van der Waals surface area contributed by atoms with Gasteiger partial charge in [-0.15, -0.1) is 4.33 Å². The molecule has 4 aromatic rings. The van der Waals surface area contributed by atoms with Gasteiger partial charge in [-0.3, -0.25) is 4.98 Å². The van der Waals surface area contributed by atoms with E-state index in [0.29, 0.717) is 11.6 Å². The van der Waals surface area contributed by atoms with E-state index in [9.17, 15) is 0 Å². The number of benzene rings is 3. The van der Waals surface area contributed by atoms with Crippen molar-refractivity contribution in [3.8, 4) is 5.75 Å². The van der Waals surface area contributed by atoms with E-state index in [2.05, 4.69) is 33.4 Å². The molecule has 0 aliphatic carbocycles. The largest absolute Gasteiger partial charge is 0.487 e. The number of nitrogen functional groups attached to an aromatic ring is 1. The van der Waals surface area contributed by atoms with E-state index < -0.39 is 0 Å². The van der Waals surface area contributed by atoms with Crippen LogP contribution in [-0.4, -0.2) is 10.2 Å². The van der Waals surface area contributed by atoms with Crippen molar-refractivity contribution in [2.45, 2.75) is 31.8 Å². The summed E-state index contributed by atoms with van der Waals surface area (Å²) in [5, 5.41) is 11.9. The number of pyridine rings is 1. The number of ether oxygens (including phenoxy) is 1. The molecule has 0 bridgehead atoms. The number of fused-ring (bicyclic) bond motifs is 2. The molecule has 0 atom stereocenters. The van der Waals surface area contributed by atoms with Crippen LogP contribution in [0.2, 0.25) is 5.02 Å². The van der Waals surface area contributed by atoms with Crippen LogP contribution < -0.4 is 10.5 Å². The van der Waals surface area contributed by atoms with E-state index >= 15 is 0 Å². The molecular weight excluding hydrogens is 508 g/mol. The second kappa shape index (κ2) is 12.8. The maximum atomic E-state index is 7.84. The first-order valence-electron chi connectivity index (χ1n) is 11.7. The Hall–Kier alpha value is -3.33. The molecule has 1 aromatic heterocycles. The number of nitrogens with zero attached hydrogens (tertiary/aromatic N) is 1. The molecule has 1 aliphatic heterocycles.